The van der Waals surface area contributed by atoms with Gasteiger partial charge in [-0.3, -0.25) is 0 Å². The molecular formula is C15H22N2O4S. The SMILES string of the molecule is CCOc1ccc(NC(=O)N[C@@H](CCSC)C(=O)OC)cc1. The number of carbonyl (C=O) groups excluding carboxylic acids is 2. The van der Waals surface area contributed by atoms with E-state index in [-0.39, 0.29) is 0 Å². The summed E-state index contributed by atoms with van der Waals surface area (Å²) in [6.07, 6.45) is 2.46. The van der Waals surface area contributed by atoms with Crippen molar-refractivity contribution < 1.29 is 19.1 Å². The van der Waals surface area contributed by atoms with Crippen molar-refractivity contribution in [3.8, 4) is 5.75 Å². The lowest BCUT2D eigenvalue weighted by Crippen LogP contribution is -2.44. The number of benzene rings is 1. The lowest BCUT2D eigenvalue weighted by Gasteiger charge is -2.16. The first-order valence-electron chi connectivity index (χ1n) is 6.97. The van der Waals surface area contributed by atoms with Crippen LogP contribution in [0.3, 0.4) is 0 Å². The minimum absolute atomic E-state index is 0.444. The summed E-state index contributed by atoms with van der Waals surface area (Å²) in [5, 5.41) is 5.30. The van der Waals surface area contributed by atoms with Crippen molar-refractivity contribution in [2.45, 2.75) is 19.4 Å². The number of carbonyl (C=O) groups is 2. The Morgan fingerprint density at radius 1 is 1.27 bits per heavy atom. The minimum Gasteiger partial charge on any atom is -0.494 e. The van der Waals surface area contributed by atoms with Crippen LogP contribution in [-0.4, -0.2) is 43.8 Å². The number of nitrogens with one attached hydrogen (secondary N) is 2. The average molecular weight is 326 g/mol. The van der Waals surface area contributed by atoms with Crippen LogP contribution in [-0.2, 0) is 9.53 Å². The standard InChI is InChI=1S/C15H22N2O4S/c1-4-21-12-7-5-11(6-8-12)16-15(19)17-13(9-10-22-3)14(18)20-2/h5-8,13H,4,9-10H2,1-3H3,(H2,16,17,19)/t13-/m0/s1. The maximum atomic E-state index is 11.9. The van der Waals surface area contributed by atoms with Crippen LogP contribution in [0.15, 0.2) is 24.3 Å². The zero-order valence-electron chi connectivity index (χ0n) is 13.0. The molecule has 0 saturated heterocycles. The highest BCUT2D eigenvalue weighted by atomic mass is 32.2. The average Bonchev–Trinajstić information content (AvgIpc) is 2.52. The third-order valence-corrected chi connectivity index (χ3v) is 3.47. The van der Waals surface area contributed by atoms with E-state index >= 15 is 0 Å². The molecule has 0 fully saturated rings. The minimum atomic E-state index is -0.653. The van der Waals surface area contributed by atoms with Gasteiger partial charge in [0, 0.05) is 5.69 Å². The van der Waals surface area contributed by atoms with E-state index in [9.17, 15) is 9.59 Å². The van der Waals surface area contributed by atoms with E-state index in [1.165, 1.54) is 7.11 Å². The lowest BCUT2D eigenvalue weighted by atomic mass is 10.2. The molecule has 0 aromatic heterocycles. The number of esters is 1. The normalized spacial score (nSPS) is 11.4. The van der Waals surface area contributed by atoms with Crippen LogP contribution < -0.4 is 15.4 Å². The first kappa shape index (κ1) is 18.2. The van der Waals surface area contributed by atoms with E-state index in [4.69, 9.17) is 9.47 Å². The van der Waals surface area contributed by atoms with Gasteiger partial charge in [0.2, 0.25) is 0 Å². The van der Waals surface area contributed by atoms with Crippen molar-refractivity contribution in [1.82, 2.24) is 5.32 Å². The van der Waals surface area contributed by atoms with E-state index in [1.807, 2.05) is 13.2 Å². The van der Waals surface area contributed by atoms with Crippen LogP contribution in [0.4, 0.5) is 10.5 Å². The van der Waals surface area contributed by atoms with Gasteiger partial charge < -0.3 is 20.1 Å². The molecular weight excluding hydrogens is 304 g/mol. The predicted octanol–water partition coefficient (Wildman–Crippen LogP) is 2.50. The summed E-state index contributed by atoms with van der Waals surface area (Å²) in [5.74, 6) is 1.04. The highest BCUT2D eigenvalue weighted by Gasteiger charge is 2.20. The van der Waals surface area contributed by atoms with Crippen LogP contribution in [0.1, 0.15) is 13.3 Å². The quantitative estimate of drug-likeness (QED) is 0.718. The third-order valence-electron chi connectivity index (χ3n) is 2.82. The number of urea groups is 1. The van der Waals surface area contributed by atoms with Crippen LogP contribution in [0.5, 0.6) is 5.75 Å². The number of methoxy groups -OCH3 is 1. The summed E-state index contributed by atoms with van der Waals surface area (Å²) in [6, 6.07) is 5.91. The van der Waals surface area contributed by atoms with Crippen molar-refractivity contribution in [3.05, 3.63) is 24.3 Å². The summed E-state index contributed by atoms with van der Waals surface area (Å²) in [6.45, 7) is 2.49. The van der Waals surface area contributed by atoms with Gasteiger partial charge in [-0.15, -0.1) is 0 Å². The highest BCUT2D eigenvalue weighted by Crippen LogP contribution is 2.15. The maximum Gasteiger partial charge on any atom is 0.328 e. The summed E-state index contributed by atoms with van der Waals surface area (Å²) in [7, 11) is 1.31. The van der Waals surface area contributed by atoms with Gasteiger partial charge in [-0.25, -0.2) is 9.59 Å². The Morgan fingerprint density at radius 2 is 1.95 bits per heavy atom. The first-order valence-corrected chi connectivity index (χ1v) is 8.37. The number of ether oxygens (including phenoxy) is 2. The Bertz CT molecular complexity index is 479. The second-order valence-electron chi connectivity index (χ2n) is 4.41. The summed E-state index contributed by atoms with van der Waals surface area (Å²) in [4.78, 5) is 23.6. The van der Waals surface area contributed by atoms with Gasteiger partial charge in [-0.2, -0.15) is 11.8 Å². The van der Waals surface area contributed by atoms with E-state index in [0.717, 1.165) is 11.5 Å². The fraction of sp³-hybridized carbons (Fsp3) is 0.467. The number of hydrogen-bond donors (Lipinski definition) is 2. The molecule has 0 heterocycles. The third kappa shape index (κ3) is 6.26. The number of anilines is 1. The monoisotopic (exact) mass is 326 g/mol. The molecule has 0 saturated carbocycles. The van der Waals surface area contributed by atoms with Crippen molar-refractivity contribution in [2.75, 3.05) is 31.0 Å². The zero-order valence-corrected chi connectivity index (χ0v) is 13.9. The maximum absolute atomic E-state index is 11.9. The molecule has 0 aliphatic carbocycles. The lowest BCUT2D eigenvalue weighted by molar-refractivity contribution is -0.142. The fourth-order valence-electron chi connectivity index (χ4n) is 1.75. The topological polar surface area (TPSA) is 76.7 Å². The van der Waals surface area contributed by atoms with E-state index in [1.54, 1.807) is 36.0 Å². The fourth-order valence-corrected chi connectivity index (χ4v) is 2.22. The van der Waals surface area contributed by atoms with Crippen molar-refractivity contribution in [2.24, 2.45) is 0 Å². The van der Waals surface area contributed by atoms with Crippen molar-refractivity contribution in [3.63, 3.8) is 0 Å². The Kier molecular flexibility index (Phi) is 8.21. The van der Waals surface area contributed by atoms with E-state index in [2.05, 4.69) is 10.6 Å². The Hall–Kier alpha value is -1.89. The van der Waals surface area contributed by atoms with Crippen molar-refractivity contribution >= 4 is 29.4 Å². The van der Waals surface area contributed by atoms with Crippen LogP contribution in [0, 0.1) is 0 Å². The highest BCUT2D eigenvalue weighted by molar-refractivity contribution is 7.98. The smallest absolute Gasteiger partial charge is 0.328 e. The second kappa shape index (κ2) is 9.94. The molecule has 1 aromatic carbocycles. The Morgan fingerprint density at radius 3 is 2.50 bits per heavy atom. The molecule has 0 bridgehead atoms. The summed E-state index contributed by atoms with van der Waals surface area (Å²) >= 11 is 1.60. The second-order valence-corrected chi connectivity index (χ2v) is 5.40. The molecule has 1 atom stereocenters. The number of amides is 2. The van der Waals surface area contributed by atoms with Crippen LogP contribution >= 0.6 is 11.8 Å². The molecule has 0 unspecified atom stereocenters. The van der Waals surface area contributed by atoms with Gasteiger partial charge in [0.05, 0.1) is 13.7 Å². The number of hydrogen-bond acceptors (Lipinski definition) is 5. The number of rotatable bonds is 8. The molecule has 122 valence electrons. The molecule has 0 radical (unpaired) electrons. The number of thioether (sulfide) groups is 1. The van der Waals surface area contributed by atoms with Crippen molar-refractivity contribution in [1.29, 1.82) is 0 Å². The van der Waals surface area contributed by atoms with Gasteiger partial charge in [-0.1, -0.05) is 0 Å². The van der Waals surface area contributed by atoms with Gasteiger partial charge in [0.1, 0.15) is 11.8 Å². The van der Waals surface area contributed by atoms with E-state index < -0.39 is 18.0 Å². The molecule has 2 amide bonds. The summed E-state index contributed by atoms with van der Waals surface area (Å²) in [5.41, 5.74) is 0.620. The Labute approximate surface area is 134 Å². The zero-order chi connectivity index (χ0) is 16.4. The molecule has 2 N–H and O–H groups in total. The predicted molar refractivity (Wildman–Crippen MR) is 88.6 cm³/mol. The van der Waals surface area contributed by atoms with Crippen LogP contribution in [0.2, 0.25) is 0 Å². The molecule has 1 rings (SSSR count). The summed E-state index contributed by atoms with van der Waals surface area (Å²) < 4.78 is 10.0. The molecule has 6 nitrogen and oxygen atoms in total. The van der Waals surface area contributed by atoms with Gasteiger partial charge in [-0.05, 0) is 49.6 Å². The van der Waals surface area contributed by atoms with Crippen LogP contribution in [0.25, 0.3) is 0 Å². The molecule has 0 aliphatic heterocycles. The molecule has 7 heteroatoms. The molecule has 22 heavy (non-hydrogen) atoms. The van der Waals surface area contributed by atoms with Gasteiger partial charge >= 0.3 is 12.0 Å². The van der Waals surface area contributed by atoms with Gasteiger partial charge in [0.15, 0.2) is 0 Å². The Balaban J connectivity index is 2.56. The van der Waals surface area contributed by atoms with E-state index in [0.29, 0.717) is 18.7 Å². The molecule has 0 aliphatic rings. The van der Waals surface area contributed by atoms with Gasteiger partial charge in [0.25, 0.3) is 0 Å². The largest absolute Gasteiger partial charge is 0.494 e. The molecule has 1 aromatic rings. The molecule has 0 spiro atoms. The first-order chi connectivity index (χ1) is 10.6.